The van der Waals surface area contributed by atoms with Crippen molar-refractivity contribution in [3.05, 3.63) is 30.3 Å². The Hall–Kier alpha value is -1.71. The number of carbonyl (C=O) groups is 1. The molecule has 4 nitrogen and oxygen atoms in total. The predicted octanol–water partition coefficient (Wildman–Crippen LogP) is 4.15. The Morgan fingerprint density at radius 1 is 1.14 bits per heavy atom. The van der Waals surface area contributed by atoms with Crippen molar-refractivity contribution in [1.29, 1.82) is 0 Å². The number of hydrogen-bond donors (Lipinski definition) is 1. The summed E-state index contributed by atoms with van der Waals surface area (Å²) < 4.78 is 11.3. The molecule has 0 radical (unpaired) electrons. The molecule has 0 aromatic heterocycles. The van der Waals surface area contributed by atoms with Gasteiger partial charge in [0, 0.05) is 5.54 Å². The van der Waals surface area contributed by atoms with Crippen LogP contribution in [0.5, 0.6) is 5.75 Å². The number of amides is 1. The molecule has 1 saturated carbocycles. The predicted molar refractivity (Wildman–Crippen MR) is 87.1 cm³/mol. The molecule has 0 spiro atoms. The van der Waals surface area contributed by atoms with Crippen molar-refractivity contribution in [2.24, 2.45) is 5.92 Å². The molecule has 0 aliphatic heterocycles. The maximum atomic E-state index is 11.8. The van der Waals surface area contributed by atoms with Gasteiger partial charge in [0.1, 0.15) is 11.9 Å². The van der Waals surface area contributed by atoms with E-state index >= 15 is 0 Å². The molecule has 1 aliphatic carbocycles. The minimum atomic E-state index is -0.309. The van der Waals surface area contributed by atoms with Crippen molar-refractivity contribution in [1.82, 2.24) is 5.32 Å². The van der Waals surface area contributed by atoms with Crippen LogP contribution in [0.4, 0.5) is 4.79 Å². The van der Waals surface area contributed by atoms with Crippen LogP contribution in [0.15, 0.2) is 30.3 Å². The van der Waals surface area contributed by atoms with E-state index in [0.717, 1.165) is 38.0 Å². The molecule has 22 heavy (non-hydrogen) atoms. The number of carbonyl (C=O) groups excluding carboxylic acids is 1. The van der Waals surface area contributed by atoms with Crippen molar-refractivity contribution >= 4 is 6.09 Å². The first-order valence-electron chi connectivity index (χ1n) is 8.09. The topological polar surface area (TPSA) is 47.6 Å². The largest absolute Gasteiger partial charge is 0.493 e. The highest BCUT2D eigenvalue weighted by atomic mass is 16.6. The number of rotatable bonds is 4. The van der Waals surface area contributed by atoms with Crippen LogP contribution in [0.1, 0.15) is 46.5 Å². The summed E-state index contributed by atoms with van der Waals surface area (Å²) in [6.07, 6.45) is 3.65. The number of hydrogen-bond acceptors (Lipinski definition) is 3. The third-order valence-electron chi connectivity index (χ3n) is 3.77. The van der Waals surface area contributed by atoms with Gasteiger partial charge in [0.2, 0.25) is 0 Å². The number of para-hydroxylation sites is 1. The van der Waals surface area contributed by atoms with Crippen LogP contribution in [-0.4, -0.2) is 24.3 Å². The molecule has 1 aromatic carbocycles. The molecule has 0 atom stereocenters. The number of alkyl carbamates (subject to hydrolysis) is 1. The van der Waals surface area contributed by atoms with Gasteiger partial charge in [-0.1, -0.05) is 18.2 Å². The van der Waals surface area contributed by atoms with Gasteiger partial charge in [0.25, 0.3) is 0 Å². The van der Waals surface area contributed by atoms with E-state index in [2.05, 4.69) is 5.32 Å². The zero-order chi connectivity index (χ0) is 16.0. The highest BCUT2D eigenvalue weighted by Crippen LogP contribution is 2.27. The van der Waals surface area contributed by atoms with Crippen LogP contribution in [-0.2, 0) is 4.74 Å². The van der Waals surface area contributed by atoms with Crippen molar-refractivity contribution in [3.63, 3.8) is 0 Å². The Morgan fingerprint density at radius 2 is 1.77 bits per heavy atom. The summed E-state index contributed by atoms with van der Waals surface area (Å²) in [5, 5.41) is 2.84. The Labute approximate surface area is 133 Å². The molecule has 122 valence electrons. The smallest absolute Gasteiger partial charge is 0.407 e. The van der Waals surface area contributed by atoms with Gasteiger partial charge in [0.05, 0.1) is 6.61 Å². The van der Waals surface area contributed by atoms with Crippen LogP contribution in [0.3, 0.4) is 0 Å². The molecule has 1 amide bonds. The van der Waals surface area contributed by atoms with Crippen molar-refractivity contribution in [2.45, 2.75) is 58.1 Å². The third-order valence-corrected chi connectivity index (χ3v) is 3.77. The molecular weight excluding hydrogens is 278 g/mol. The zero-order valence-corrected chi connectivity index (χ0v) is 13.8. The van der Waals surface area contributed by atoms with E-state index in [1.807, 2.05) is 51.1 Å². The molecule has 1 aliphatic rings. The molecule has 0 saturated heterocycles. The summed E-state index contributed by atoms with van der Waals surface area (Å²) in [6.45, 7) is 6.59. The Balaban J connectivity index is 1.66. The van der Waals surface area contributed by atoms with E-state index in [-0.39, 0.29) is 17.7 Å². The first-order valence-corrected chi connectivity index (χ1v) is 8.09. The first-order chi connectivity index (χ1) is 10.4. The molecule has 1 fully saturated rings. The highest BCUT2D eigenvalue weighted by Gasteiger charge is 2.25. The lowest BCUT2D eigenvalue weighted by atomic mass is 9.88. The van der Waals surface area contributed by atoms with Crippen LogP contribution in [0.25, 0.3) is 0 Å². The first kappa shape index (κ1) is 16.7. The monoisotopic (exact) mass is 305 g/mol. The molecule has 0 heterocycles. The second kappa shape index (κ2) is 7.52. The van der Waals surface area contributed by atoms with Gasteiger partial charge in [-0.25, -0.2) is 4.79 Å². The summed E-state index contributed by atoms with van der Waals surface area (Å²) in [5.74, 6) is 1.47. The summed E-state index contributed by atoms with van der Waals surface area (Å²) >= 11 is 0. The molecule has 0 unspecified atom stereocenters. The van der Waals surface area contributed by atoms with Crippen LogP contribution in [0.2, 0.25) is 0 Å². The maximum absolute atomic E-state index is 11.8. The summed E-state index contributed by atoms with van der Waals surface area (Å²) in [5.41, 5.74) is -0.252. The molecule has 1 N–H and O–H groups in total. The Kier molecular flexibility index (Phi) is 5.69. The average Bonchev–Trinajstić information content (AvgIpc) is 2.45. The van der Waals surface area contributed by atoms with Gasteiger partial charge in [-0.3, -0.25) is 0 Å². The van der Waals surface area contributed by atoms with Gasteiger partial charge in [-0.2, -0.15) is 0 Å². The minimum absolute atomic E-state index is 0.0373. The van der Waals surface area contributed by atoms with Gasteiger partial charge in [-0.05, 0) is 64.5 Å². The Bertz CT molecular complexity index is 459. The fraction of sp³-hybridized carbons (Fsp3) is 0.611. The summed E-state index contributed by atoms with van der Waals surface area (Å²) in [7, 11) is 0. The third kappa shape index (κ3) is 5.96. The molecule has 4 heteroatoms. The number of ether oxygens (including phenoxy) is 2. The molecular formula is C18H27NO3. The van der Waals surface area contributed by atoms with Crippen LogP contribution < -0.4 is 10.1 Å². The van der Waals surface area contributed by atoms with E-state index in [1.54, 1.807) is 0 Å². The zero-order valence-electron chi connectivity index (χ0n) is 13.8. The van der Waals surface area contributed by atoms with Crippen molar-refractivity contribution in [3.8, 4) is 5.75 Å². The normalized spacial score (nSPS) is 22.0. The summed E-state index contributed by atoms with van der Waals surface area (Å²) in [6, 6.07) is 9.90. The fourth-order valence-corrected chi connectivity index (χ4v) is 2.63. The van der Waals surface area contributed by atoms with E-state index in [4.69, 9.17) is 9.47 Å². The molecule has 2 rings (SSSR count). The number of nitrogens with one attached hydrogen (secondary N) is 1. The SMILES string of the molecule is CC(C)(C)NC(=O)OC1CCC(COc2ccccc2)CC1. The van der Waals surface area contributed by atoms with E-state index in [0.29, 0.717) is 5.92 Å². The average molecular weight is 305 g/mol. The number of benzene rings is 1. The molecule has 0 bridgehead atoms. The second-order valence-corrected chi connectivity index (χ2v) is 7.05. The second-order valence-electron chi connectivity index (χ2n) is 7.05. The lowest BCUT2D eigenvalue weighted by molar-refractivity contribution is 0.0530. The van der Waals surface area contributed by atoms with E-state index in [1.165, 1.54) is 0 Å². The summed E-state index contributed by atoms with van der Waals surface area (Å²) in [4.78, 5) is 11.8. The standard InChI is InChI=1S/C18H27NO3/c1-18(2,3)19-17(20)22-16-11-9-14(10-12-16)13-21-15-7-5-4-6-8-15/h4-8,14,16H,9-13H2,1-3H3,(H,19,20). The van der Waals surface area contributed by atoms with Crippen LogP contribution in [0, 0.1) is 5.92 Å². The van der Waals surface area contributed by atoms with E-state index in [9.17, 15) is 4.79 Å². The van der Waals surface area contributed by atoms with Gasteiger partial charge in [-0.15, -0.1) is 0 Å². The Morgan fingerprint density at radius 3 is 2.36 bits per heavy atom. The quantitative estimate of drug-likeness (QED) is 0.909. The van der Waals surface area contributed by atoms with Crippen molar-refractivity contribution in [2.75, 3.05) is 6.61 Å². The van der Waals surface area contributed by atoms with Crippen molar-refractivity contribution < 1.29 is 14.3 Å². The van der Waals surface area contributed by atoms with Gasteiger partial charge >= 0.3 is 6.09 Å². The van der Waals surface area contributed by atoms with E-state index < -0.39 is 0 Å². The van der Waals surface area contributed by atoms with Crippen LogP contribution >= 0.6 is 0 Å². The van der Waals surface area contributed by atoms with Gasteiger partial charge in [0.15, 0.2) is 0 Å². The fourth-order valence-electron chi connectivity index (χ4n) is 2.63. The van der Waals surface area contributed by atoms with Gasteiger partial charge < -0.3 is 14.8 Å². The minimum Gasteiger partial charge on any atom is -0.493 e. The lowest BCUT2D eigenvalue weighted by Gasteiger charge is -2.29. The lowest BCUT2D eigenvalue weighted by Crippen LogP contribution is -2.42. The highest BCUT2D eigenvalue weighted by molar-refractivity contribution is 5.68. The maximum Gasteiger partial charge on any atom is 0.407 e. The molecule has 1 aromatic rings.